The number of aliphatic hydroxyl groups excluding tert-OH is 1. The molecular formula is C10H15BrN2O. The molecule has 0 aliphatic heterocycles. The number of rotatable bonds is 3. The van der Waals surface area contributed by atoms with Crippen LogP contribution in [0.4, 0.5) is 5.69 Å². The van der Waals surface area contributed by atoms with Crippen LogP contribution in [0, 0.1) is 0 Å². The summed E-state index contributed by atoms with van der Waals surface area (Å²) in [5.41, 5.74) is 7.19. The molecule has 0 saturated carbocycles. The Morgan fingerprint density at radius 2 is 2.14 bits per heavy atom. The molecule has 1 aromatic carbocycles. The van der Waals surface area contributed by atoms with Gasteiger partial charge in [0.2, 0.25) is 0 Å². The van der Waals surface area contributed by atoms with E-state index in [2.05, 4.69) is 21.2 Å². The second kappa shape index (κ2) is 4.77. The molecule has 0 aromatic heterocycles. The largest absolute Gasteiger partial charge is 0.398 e. The molecule has 1 aromatic rings. The third kappa shape index (κ3) is 2.26. The first kappa shape index (κ1) is 11.5. The summed E-state index contributed by atoms with van der Waals surface area (Å²) >= 11 is 3.33. The number of benzene rings is 1. The van der Waals surface area contributed by atoms with E-state index in [9.17, 15) is 5.11 Å². The molecule has 2 unspecified atom stereocenters. The number of anilines is 1. The van der Waals surface area contributed by atoms with Gasteiger partial charge in [0.15, 0.2) is 0 Å². The summed E-state index contributed by atoms with van der Waals surface area (Å²) in [7, 11) is 1.81. The van der Waals surface area contributed by atoms with Gasteiger partial charge in [0.05, 0.1) is 11.8 Å². The Morgan fingerprint density at radius 1 is 1.50 bits per heavy atom. The molecule has 0 saturated heterocycles. The lowest BCUT2D eigenvalue weighted by Crippen LogP contribution is -2.29. The Kier molecular flexibility index (Phi) is 3.92. The Balaban J connectivity index is 3.01. The van der Waals surface area contributed by atoms with Gasteiger partial charge in [0.1, 0.15) is 0 Å². The van der Waals surface area contributed by atoms with E-state index in [0.29, 0.717) is 5.69 Å². The van der Waals surface area contributed by atoms with Crippen LogP contribution in [-0.4, -0.2) is 18.2 Å². The summed E-state index contributed by atoms with van der Waals surface area (Å²) < 4.78 is 0.817. The molecule has 4 heteroatoms. The maximum atomic E-state index is 9.93. The highest BCUT2D eigenvalue weighted by atomic mass is 79.9. The highest BCUT2D eigenvalue weighted by Crippen LogP contribution is 2.29. The number of likely N-dealkylation sites (N-methyl/N-ethyl adjacent to an activating group) is 1. The van der Waals surface area contributed by atoms with Gasteiger partial charge < -0.3 is 16.2 Å². The van der Waals surface area contributed by atoms with E-state index in [4.69, 9.17) is 5.73 Å². The van der Waals surface area contributed by atoms with Crippen LogP contribution in [0.25, 0.3) is 0 Å². The summed E-state index contributed by atoms with van der Waals surface area (Å²) in [6.45, 7) is 1.91. The zero-order valence-electron chi connectivity index (χ0n) is 8.29. The van der Waals surface area contributed by atoms with E-state index in [1.54, 1.807) is 0 Å². The molecule has 0 bridgehead atoms. The lowest BCUT2D eigenvalue weighted by Gasteiger charge is -2.20. The molecule has 0 spiro atoms. The van der Waals surface area contributed by atoms with E-state index in [1.165, 1.54) is 0 Å². The first-order valence-corrected chi connectivity index (χ1v) is 5.26. The summed E-state index contributed by atoms with van der Waals surface area (Å²) in [5, 5.41) is 12.9. The molecule has 1 rings (SSSR count). The summed E-state index contributed by atoms with van der Waals surface area (Å²) in [4.78, 5) is 0. The van der Waals surface area contributed by atoms with Crippen molar-refractivity contribution in [2.45, 2.75) is 19.1 Å². The monoisotopic (exact) mass is 258 g/mol. The zero-order chi connectivity index (χ0) is 10.7. The average Bonchev–Trinajstić information content (AvgIpc) is 2.20. The molecule has 0 fully saturated rings. The SMILES string of the molecule is CNC(C)C(O)c1cccc(Br)c1N. The molecule has 0 aliphatic carbocycles. The fraction of sp³-hybridized carbons (Fsp3) is 0.400. The van der Waals surface area contributed by atoms with Crippen LogP contribution in [-0.2, 0) is 0 Å². The topological polar surface area (TPSA) is 58.3 Å². The van der Waals surface area contributed by atoms with Crippen LogP contribution in [0.5, 0.6) is 0 Å². The second-order valence-electron chi connectivity index (χ2n) is 3.26. The summed E-state index contributed by atoms with van der Waals surface area (Å²) in [5.74, 6) is 0. The van der Waals surface area contributed by atoms with Gasteiger partial charge in [-0.05, 0) is 36.0 Å². The van der Waals surface area contributed by atoms with Crippen LogP contribution in [0.1, 0.15) is 18.6 Å². The Bertz CT molecular complexity index is 317. The van der Waals surface area contributed by atoms with Gasteiger partial charge in [-0.25, -0.2) is 0 Å². The average molecular weight is 259 g/mol. The summed E-state index contributed by atoms with van der Waals surface area (Å²) in [6, 6.07) is 5.53. The van der Waals surface area contributed by atoms with Gasteiger partial charge in [-0.15, -0.1) is 0 Å². The number of hydrogen-bond acceptors (Lipinski definition) is 3. The van der Waals surface area contributed by atoms with Crippen molar-refractivity contribution in [3.05, 3.63) is 28.2 Å². The molecule has 0 amide bonds. The first-order chi connectivity index (χ1) is 6.57. The smallest absolute Gasteiger partial charge is 0.0960 e. The van der Waals surface area contributed by atoms with Crippen LogP contribution < -0.4 is 11.1 Å². The van der Waals surface area contributed by atoms with Crippen molar-refractivity contribution < 1.29 is 5.11 Å². The molecule has 14 heavy (non-hydrogen) atoms. The molecule has 0 radical (unpaired) electrons. The normalized spacial score (nSPS) is 15.1. The zero-order valence-corrected chi connectivity index (χ0v) is 9.88. The van der Waals surface area contributed by atoms with Crippen molar-refractivity contribution in [1.29, 1.82) is 0 Å². The van der Waals surface area contributed by atoms with Crippen molar-refractivity contribution in [2.24, 2.45) is 0 Å². The molecular weight excluding hydrogens is 244 g/mol. The fourth-order valence-corrected chi connectivity index (χ4v) is 1.62. The van der Waals surface area contributed by atoms with Gasteiger partial charge >= 0.3 is 0 Å². The molecule has 3 nitrogen and oxygen atoms in total. The predicted octanol–water partition coefficient (Wildman–Crippen LogP) is 1.67. The van der Waals surface area contributed by atoms with Gasteiger partial charge in [-0.1, -0.05) is 12.1 Å². The first-order valence-electron chi connectivity index (χ1n) is 4.47. The Labute approximate surface area is 92.4 Å². The van der Waals surface area contributed by atoms with Crippen LogP contribution in [0.3, 0.4) is 0 Å². The van der Waals surface area contributed by atoms with E-state index < -0.39 is 6.10 Å². The van der Waals surface area contributed by atoms with Crippen LogP contribution >= 0.6 is 15.9 Å². The fourth-order valence-electron chi connectivity index (χ4n) is 1.24. The number of nitrogens with two attached hydrogens (primary N) is 1. The predicted molar refractivity (Wildman–Crippen MR) is 62.0 cm³/mol. The minimum absolute atomic E-state index is 0.0217. The van der Waals surface area contributed by atoms with Gasteiger partial charge in [0, 0.05) is 16.1 Å². The maximum absolute atomic E-state index is 9.93. The van der Waals surface area contributed by atoms with Crippen molar-refractivity contribution in [3.63, 3.8) is 0 Å². The van der Waals surface area contributed by atoms with E-state index in [0.717, 1.165) is 10.0 Å². The highest BCUT2D eigenvalue weighted by molar-refractivity contribution is 9.10. The highest BCUT2D eigenvalue weighted by Gasteiger charge is 2.17. The third-order valence-electron chi connectivity index (χ3n) is 2.33. The van der Waals surface area contributed by atoms with Crippen LogP contribution in [0.2, 0.25) is 0 Å². The number of nitrogen functional groups attached to an aromatic ring is 1. The Morgan fingerprint density at radius 3 is 2.71 bits per heavy atom. The number of aliphatic hydroxyl groups is 1. The molecule has 4 N–H and O–H groups in total. The Hall–Kier alpha value is -0.580. The minimum Gasteiger partial charge on any atom is -0.398 e. The number of halogens is 1. The van der Waals surface area contributed by atoms with Crippen molar-refractivity contribution >= 4 is 21.6 Å². The molecule has 0 aliphatic rings. The van der Waals surface area contributed by atoms with Gasteiger partial charge in [0.25, 0.3) is 0 Å². The minimum atomic E-state index is -0.586. The maximum Gasteiger partial charge on any atom is 0.0960 e. The number of nitrogens with one attached hydrogen (secondary N) is 1. The number of hydrogen-bond donors (Lipinski definition) is 3. The van der Waals surface area contributed by atoms with Crippen molar-refractivity contribution in [2.75, 3.05) is 12.8 Å². The standard InChI is InChI=1S/C10H15BrN2O/c1-6(13-2)10(14)7-4-3-5-8(11)9(7)12/h3-6,10,13-14H,12H2,1-2H3. The summed E-state index contributed by atoms with van der Waals surface area (Å²) in [6.07, 6.45) is -0.586. The van der Waals surface area contributed by atoms with E-state index in [1.807, 2.05) is 32.2 Å². The molecule has 0 heterocycles. The third-order valence-corrected chi connectivity index (χ3v) is 3.03. The quantitative estimate of drug-likeness (QED) is 0.724. The number of para-hydroxylation sites is 1. The molecule has 2 atom stereocenters. The van der Waals surface area contributed by atoms with Gasteiger partial charge in [-0.3, -0.25) is 0 Å². The second-order valence-corrected chi connectivity index (χ2v) is 4.12. The van der Waals surface area contributed by atoms with Crippen LogP contribution in [0.15, 0.2) is 22.7 Å². The van der Waals surface area contributed by atoms with Crippen molar-refractivity contribution in [1.82, 2.24) is 5.32 Å². The lowest BCUT2D eigenvalue weighted by atomic mass is 10.0. The van der Waals surface area contributed by atoms with Gasteiger partial charge in [-0.2, -0.15) is 0 Å². The van der Waals surface area contributed by atoms with E-state index >= 15 is 0 Å². The lowest BCUT2D eigenvalue weighted by molar-refractivity contribution is 0.141. The van der Waals surface area contributed by atoms with E-state index in [-0.39, 0.29) is 6.04 Å². The van der Waals surface area contributed by atoms with Crippen molar-refractivity contribution in [3.8, 4) is 0 Å². The molecule has 78 valence electrons.